The van der Waals surface area contributed by atoms with E-state index >= 15 is 0 Å². The lowest BCUT2D eigenvalue weighted by Gasteiger charge is -2.20. The smallest absolute Gasteiger partial charge is 0.234 e. The first-order chi connectivity index (χ1) is 9.29. The van der Waals surface area contributed by atoms with Crippen molar-refractivity contribution in [2.45, 2.75) is 31.8 Å². The molecule has 0 atom stereocenters. The predicted octanol–water partition coefficient (Wildman–Crippen LogP) is 1.87. The zero-order valence-corrected chi connectivity index (χ0v) is 12.2. The highest BCUT2D eigenvalue weighted by molar-refractivity contribution is 7.09. The Kier molecular flexibility index (Phi) is 5.82. The van der Waals surface area contributed by atoms with Gasteiger partial charge in [-0.25, -0.2) is 0 Å². The molecule has 5 heteroatoms. The zero-order valence-electron chi connectivity index (χ0n) is 11.4. The second-order valence-electron chi connectivity index (χ2n) is 4.91. The van der Waals surface area contributed by atoms with Crippen LogP contribution in [0.25, 0.3) is 0 Å². The average Bonchev–Trinajstić information content (AvgIpc) is 3.13. The summed E-state index contributed by atoms with van der Waals surface area (Å²) < 4.78 is 4.96. The molecular formula is C14H22N2O2S. The summed E-state index contributed by atoms with van der Waals surface area (Å²) >= 11 is 1.76. The van der Waals surface area contributed by atoms with Gasteiger partial charge in [-0.15, -0.1) is 11.3 Å². The van der Waals surface area contributed by atoms with Gasteiger partial charge in [-0.3, -0.25) is 9.69 Å². The quantitative estimate of drug-likeness (QED) is 0.703. The first kappa shape index (κ1) is 14.5. The Labute approximate surface area is 118 Å². The van der Waals surface area contributed by atoms with Crippen LogP contribution in [0.5, 0.6) is 0 Å². The molecule has 1 fully saturated rings. The van der Waals surface area contributed by atoms with Gasteiger partial charge in [-0.05, 0) is 30.7 Å². The van der Waals surface area contributed by atoms with Crippen LogP contribution in [0.1, 0.15) is 24.1 Å². The Morgan fingerprint density at radius 1 is 1.58 bits per heavy atom. The number of hydrogen-bond acceptors (Lipinski definition) is 4. The number of methoxy groups -OCH3 is 1. The maximum Gasteiger partial charge on any atom is 0.234 e. The Balaban J connectivity index is 1.72. The number of carbonyl (C=O) groups is 1. The number of nitrogens with zero attached hydrogens (tertiary/aromatic N) is 1. The summed E-state index contributed by atoms with van der Waals surface area (Å²) in [4.78, 5) is 15.5. The van der Waals surface area contributed by atoms with E-state index in [0.717, 1.165) is 13.0 Å². The van der Waals surface area contributed by atoms with Crippen molar-refractivity contribution in [3.8, 4) is 0 Å². The van der Waals surface area contributed by atoms with Crippen molar-refractivity contribution in [2.75, 3.05) is 26.8 Å². The number of amides is 1. The van der Waals surface area contributed by atoms with Gasteiger partial charge in [0.1, 0.15) is 0 Å². The van der Waals surface area contributed by atoms with Gasteiger partial charge >= 0.3 is 0 Å². The Morgan fingerprint density at radius 3 is 3.05 bits per heavy atom. The summed E-state index contributed by atoms with van der Waals surface area (Å²) in [6.07, 6.45) is 3.32. The van der Waals surface area contributed by atoms with Crippen molar-refractivity contribution in [3.05, 3.63) is 22.4 Å². The van der Waals surface area contributed by atoms with Gasteiger partial charge in [0.15, 0.2) is 0 Å². The molecule has 0 radical (unpaired) electrons. The minimum Gasteiger partial charge on any atom is -0.385 e. The standard InChI is InChI=1S/C14H22N2O2S/c1-18-8-3-7-15-14(17)11-16(12-5-6-12)10-13-4-2-9-19-13/h2,4,9,12H,3,5-8,10-11H2,1H3,(H,15,17). The molecule has 0 aliphatic heterocycles. The van der Waals surface area contributed by atoms with Crippen LogP contribution in [0.2, 0.25) is 0 Å². The third-order valence-electron chi connectivity index (χ3n) is 3.20. The molecule has 19 heavy (non-hydrogen) atoms. The van der Waals surface area contributed by atoms with Gasteiger partial charge < -0.3 is 10.1 Å². The third kappa shape index (κ3) is 5.30. The molecule has 0 spiro atoms. The van der Waals surface area contributed by atoms with Gasteiger partial charge in [-0.1, -0.05) is 6.07 Å². The number of carbonyl (C=O) groups excluding carboxylic acids is 1. The van der Waals surface area contributed by atoms with Crippen molar-refractivity contribution < 1.29 is 9.53 Å². The molecule has 2 rings (SSSR count). The number of rotatable bonds is 9. The second-order valence-corrected chi connectivity index (χ2v) is 5.94. The molecule has 0 unspecified atom stereocenters. The van der Waals surface area contributed by atoms with E-state index in [9.17, 15) is 4.79 Å². The van der Waals surface area contributed by atoms with Crippen LogP contribution in [0, 0.1) is 0 Å². The molecular weight excluding hydrogens is 260 g/mol. The minimum atomic E-state index is 0.125. The van der Waals surface area contributed by atoms with E-state index < -0.39 is 0 Å². The Morgan fingerprint density at radius 2 is 2.42 bits per heavy atom. The number of nitrogens with one attached hydrogen (secondary N) is 1. The fourth-order valence-electron chi connectivity index (χ4n) is 2.04. The summed E-state index contributed by atoms with van der Waals surface area (Å²) in [5.74, 6) is 0.125. The van der Waals surface area contributed by atoms with Crippen molar-refractivity contribution in [2.24, 2.45) is 0 Å². The SMILES string of the molecule is COCCCNC(=O)CN(Cc1cccs1)C1CC1. The molecule has 106 valence electrons. The Bertz CT molecular complexity index is 377. The summed E-state index contributed by atoms with van der Waals surface area (Å²) in [6.45, 7) is 2.80. The molecule has 0 aromatic carbocycles. The molecule has 1 aliphatic carbocycles. The minimum absolute atomic E-state index is 0.125. The molecule has 1 aromatic heterocycles. The van der Waals surface area contributed by atoms with E-state index in [1.54, 1.807) is 18.4 Å². The van der Waals surface area contributed by atoms with Crippen LogP contribution >= 0.6 is 11.3 Å². The van der Waals surface area contributed by atoms with E-state index in [1.807, 2.05) is 0 Å². The lowest BCUT2D eigenvalue weighted by atomic mass is 10.3. The fraction of sp³-hybridized carbons (Fsp3) is 0.643. The van der Waals surface area contributed by atoms with Crippen LogP contribution in [-0.4, -0.2) is 43.7 Å². The molecule has 0 saturated heterocycles. The van der Waals surface area contributed by atoms with E-state index in [0.29, 0.717) is 25.7 Å². The average molecular weight is 282 g/mol. The van der Waals surface area contributed by atoms with Crippen LogP contribution in [0.4, 0.5) is 0 Å². The van der Waals surface area contributed by atoms with Gasteiger partial charge in [0.25, 0.3) is 0 Å². The van der Waals surface area contributed by atoms with E-state index in [4.69, 9.17) is 4.74 Å². The number of thiophene rings is 1. The molecule has 1 saturated carbocycles. The van der Waals surface area contributed by atoms with E-state index in [2.05, 4.69) is 27.7 Å². The first-order valence-electron chi connectivity index (χ1n) is 6.81. The van der Waals surface area contributed by atoms with Gasteiger partial charge in [0.05, 0.1) is 6.54 Å². The van der Waals surface area contributed by atoms with E-state index in [-0.39, 0.29) is 5.91 Å². The summed E-state index contributed by atoms with van der Waals surface area (Å²) in [5.41, 5.74) is 0. The summed E-state index contributed by atoms with van der Waals surface area (Å²) in [6, 6.07) is 4.80. The Hall–Kier alpha value is -0.910. The lowest BCUT2D eigenvalue weighted by molar-refractivity contribution is -0.122. The van der Waals surface area contributed by atoms with Crippen LogP contribution < -0.4 is 5.32 Å². The topological polar surface area (TPSA) is 41.6 Å². The molecule has 0 bridgehead atoms. The molecule has 1 aliphatic rings. The monoisotopic (exact) mass is 282 g/mol. The van der Waals surface area contributed by atoms with Crippen LogP contribution in [-0.2, 0) is 16.1 Å². The summed E-state index contributed by atoms with van der Waals surface area (Å²) in [7, 11) is 1.68. The van der Waals surface area contributed by atoms with Crippen LogP contribution in [0.15, 0.2) is 17.5 Å². The number of hydrogen-bond donors (Lipinski definition) is 1. The van der Waals surface area contributed by atoms with E-state index in [1.165, 1.54) is 17.7 Å². The van der Waals surface area contributed by atoms with Gasteiger partial charge in [0.2, 0.25) is 5.91 Å². The largest absolute Gasteiger partial charge is 0.385 e. The summed E-state index contributed by atoms with van der Waals surface area (Å²) in [5, 5.41) is 5.04. The fourth-order valence-corrected chi connectivity index (χ4v) is 2.77. The maximum absolute atomic E-state index is 11.9. The normalized spacial score (nSPS) is 14.8. The predicted molar refractivity (Wildman–Crippen MR) is 77.3 cm³/mol. The molecule has 1 aromatic rings. The first-order valence-corrected chi connectivity index (χ1v) is 7.69. The maximum atomic E-state index is 11.9. The van der Waals surface area contributed by atoms with Crippen molar-refractivity contribution in [1.82, 2.24) is 10.2 Å². The highest BCUT2D eigenvalue weighted by Gasteiger charge is 2.30. The van der Waals surface area contributed by atoms with Gasteiger partial charge in [-0.2, -0.15) is 0 Å². The molecule has 1 amide bonds. The van der Waals surface area contributed by atoms with Gasteiger partial charge in [0, 0.05) is 37.7 Å². The highest BCUT2D eigenvalue weighted by atomic mass is 32.1. The molecule has 1 heterocycles. The van der Waals surface area contributed by atoms with Crippen molar-refractivity contribution >= 4 is 17.2 Å². The zero-order chi connectivity index (χ0) is 13.5. The lowest BCUT2D eigenvalue weighted by Crippen LogP contribution is -2.38. The second kappa shape index (κ2) is 7.62. The van der Waals surface area contributed by atoms with Crippen LogP contribution in [0.3, 0.4) is 0 Å². The third-order valence-corrected chi connectivity index (χ3v) is 4.06. The number of ether oxygens (including phenoxy) is 1. The molecule has 1 N–H and O–H groups in total. The van der Waals surface area contributed by atoms with Crippen molar-refractivity contribution in [1.29, 1.82) is 0 Å². The highest BCUT2D eigenvalue weighted by Crippen LogP contribution is 2.28. The molecule has 4 nitrogen and oxygen atoms in total. The van der Waals surface area contributed by atoms with Crippen molar-refractivity contribution in [3.63, 3.8) is 0 Å².